The van der Waals surface area contributed by atoms with Gasteiger partial charge >= 0.3 is 0 Å². The number of rotatable bonds is 7. The van der Waals surface area contributed by atoms with Gasteiger partial charge in [-0.3, -0.25) is 19.3 Å². The molecule has 3 aliphatic heterocycles. The Hall–Kier alpha value is -3.09. The summed E-state index contributed by atoms with van der Waals surface area (Å²) in [5.41, 5.74) is 0.199. The summed E-state index contributed by atoms with van der Waals surface area (Å²) in [7, 11) is -3.00. The number of hydrogen-bond acceptors (Lipinski definition) is 7. The SMILES string of the molecule is C[C@H](O)C(=O)Nc1ccc2c(c1)[C@@]1(O[C@H](CC(=O)N3CCC[C@H]3CO)[C@@H]([Si](C)(C)O)[C@@H]1C)C(=O)N2c1ccccc1. The third-order valence-corrected chi connectivity index (χ3v) is 11.3. The number of nitrogens with one attached hydrogen (secondary N) is 1. The Morgan fingerprint density at radius 2 is 1.90 bits per heavy atom. The number of likely N-dealkylation sites (tertiary alicyclic amines) is 1. The fourth-order valence-corrected chi connectivity index (χ4v) is 9.56. The largest absolute Gasteiger partial charge is 0.432 e. The summed E-state index contributed by atoms with van der Waals surface area (Å²) in [6.45, 7) is 7.31. The number of ether oxygens (including phenoxy) is 1. The minimum absolute atomic E-state index is 0.0172. The highest BCUT2D eigenvalue weighted by Gasteiger charge is 2.66. The van der Waals surface area contributed by atoms with E-state index in [-0.39, 0.29) is 30.9 Å². The second-order valence-electron chi connectivity index (χ2n) is 12.0. The molecule has 41 heavy (non-hydrogen) atoms. The van der Waals surface area contributed by atoms with E-state index in [1.807, 2.05) is 37.3 Å². The summed E-state index contributed by atoms with van der Waals surface area (Å²) in [6, 6.07) is 14.1. The summed E-state index contributed by atoms with van der Waals surface area (Å²) in [5, 5.41) is 22.2. The first-order valence-corrected chi connectivity index (χ1v) is 17.3. The second-order valence-corrected chi connectivity index (χ2v) is 16.0. The molecule has 0 saturated carbocycles. The smallest absolute Gasteiger partial charge is 0.268 e. The molecule has 0 aliphatic carbocycles. The molecule has 0 radical (unpaired) electrons. The van der Waals surface area contributed by atoms with Crippen molar-refractivity contribution in [2.45, 2.75) is 75.6 Å². The van der Waals surface area contributed by atoms with Crippen LogP contribution >= 0.6 is 0 Å². The molecule has 3 heterocycles. The van der Waals surface area contributed by atoms with Crippen molar-refractivity contribution in [1.29, 1.82) is 0 Å². The molecule has 2 saturated heterocycles. The van der Waals surface area contributed by atoms with Gasteiger partial charge in [0, 0.05) is 34.9 Å². The molecule has 0 bridgehead atoms. The van der Waals surface area contributed by atoms with E-state index in [1.165, 1.54) is 6.92 Å². The lowest BCUT2D eigenvalue weighted by atomic mass is 9.82. The van der Waals surface area contributed by atoms with Gasteiger partial charge in [-0.15, -0.1) is 0 Å². The highest BCUT2D eigenvalue weighted by molar-refractivity contribution is 6.71. The molecule has 4 N–H and O–H groups in total. The summed E-state index contributed by atoms with van der Waals surface area (Å²) >= 11 is 0. The van der Waals surface area contributed by atoms with Crippen LogP contribution in [0.25, 0.3) is 0 Å². The molecule has 220 valence electrons. The molecule has 2 aromatic carbocycles. The van der Waals surface area contributed by atoms with Crippen LogP contribution in [0.4, 0.5) is 17.1 Å². The highest BCUT2D eigenvalue weighted by Crippen LogP contribution is 2.61. The standard InChI is InChI=1S/C30H39N3O7Si/c1-18-27(41(3,4)39)25(16-26(36)32-14-8-11-22(32)17-34)40-30(18)23-15-20(31-28(37)19(2)35)12-13-24(23)33(29(30)38)21-9-6-5-7-10-21/h5-7,9-10,12-13,15,18-19,22,25,27,34-35,39H,8,11,14,16-17H2,1-4H3,(H,31,37)/t18-,19-,22-,25+,27-,30+/m0/s1. The van der Waals surface area contributed by atoms with Crippen molar-refractivity contribution in [3.63, 3.8) is 0 Å². The second kappa shape index (κ2) is 11.0. The van der Waals surface area contributed by atoms with Gasteiger partial charge in [0.15, 0.2) is 13.9 Å². The first kappa shape index (κ1) is 29.4. The number of hydrogen-bond donors (Lipinski definition) is 4. The Morgan fingerprint density at radius 1 is 1.20 bits per heavy atom. The molecule has 3 amide bonds. The number of amides is 3. The van der Waals surface area contributed by atoms with Crippen LogP contribution in [-0.2, 0) is 24.7 Å². The van der Waals surface area contributed by atoms with Gasteiger partial charge in [-0.1, -0.05) is 25.1 Å². The van der Waals surface area contributed by atoms with Gasteiger partial charge < -0.3 is 30.0 Å². The van der Waals surface area contributed by atoms with Crippen LogP contribution in [0.3, 0.4) is 0 Å². The molecule has 0 unspecified atom stereocenters. The third kappa shape index (κ3) is 4.99. The van der Waals surface area contributed by atoms with Crippen LogP contribution in [0.5, 0.6) is 0 Å². The summed E-state index contributed by atoms with van der Waals surface area (Å²) < 4.78 is 6.77. The number of carbonyl (C=O) groups is 3. The average molecular weight is 582 g/mol. The number of aliphatic hydroxyl groups excluding tert-OH is 2. The molecule has 0 aromatic heterocycles. The van der Waals surface area contributed by atoms with Crippen LogP contribution in [0.1, 0.15) is 38.7 Å². The van der Waals surface area contributed by atoms with Crippen molar-refractivity contribution in [2.24, 2.45) is 5.92 Å². The lowest BCUT2D eigenvalue weighted by Crippen LogP contribution is -2.45. The predicted octanol–water partition coefficient (Wildman–Crippen LogP) is 2.86. The van der Waals surface area contributed by atoms with E-state index in [2.05, 4.69) is 5.32 Å². The van der Waals surface area contributed by atoms with Crippen LogP contribution in [-0.4, -0.2) is 77.3 Å². The highest BCUT2D eigenvalue weighted by atomic mass is 28.4. The maximum absolute atomic E-state index is 14.6. The van der Waals surface area contributed by atoms with E-state index in [9.17, 15) is 29.4 Å². The Balaban J connectivity index is 1.60. The monoisotopic (exact) mass is 581 g/mol. The topological polar surface area (TPSA) is 140 Å². The normalized spacial score (nSPS) is 28.3. The van der Waals surface area contributed by atoms with Crippen molar-refractivity contribution in [2.75, 3.05) is 23.4 Å². The first-order valence-electron chi connectivity index (χ1n) is 14.2. The molecule has 11 heteroatoms. The predicted molar refractivity (Wildman–Crippen MR) is 156 cm³/mol. The van der Waals surface area contributed by atoms with E-state index in [0.29, 0.717) is 29.2 Å². The first-order chi connectivity index (χ1) is 19.4. The van der Waals surface area contributed by atoms with Crippen molar-refractivity contribution in [3.05, 3.63) is 54.1 Å². The van der Waals surface area contributed by atoms with Crippen LogP contribution < -0.4 is 10.2 Å². The fourth-order valence-electron chi connectivity index (χ4n) is 7.00. The Bertz CT molecular complexity index is 1330. The molecule has 3 aliphatic rings. The van der Waals surface area contributed by atoms with Crippen molar-refractivity contribution < 1.29 is 34.1 Å². The van der Waals surface area contributed by atoms with E-state index in [1.54, 1.807) is 41.1 Å². The fraction of sp³-hybridized carbons (Fsp3) is 0.500. The van der Waals surface area contributed by atoms with Crippen LogP contribution in [0.15, 0.2) is 48.5 Å². The minimum Gasteiger partial charge on any atom is -0.432 e. The lowest BCUT2D eigenvalue weighted by Gasteiger charge is -2.33. The number of anilines is 3. The lowest BCUT2D eigenvalue weighted by molar-refractivity contribution is -0.149. The zero-order valence-electron chi connectivity index (χ0n) is 23.9. The van der Waals surface area contributed by atoms with Crippen molar-refractivity contribution in [1.82, 2.24) is 4.90 Å². The Morgan fingerprint density at radius 3 is 2.54 bits per heavy atom. The minimum atomic E-state index is -3.00. The summed E-state index contributed by atoms with van der Waals surface area (Å²) in [6.07, 6.45) is -0.429. The summed E-state index contributed by atoms with van der Waals surface area (Å²) in [5.74, 6) is -1.57. The van der Waals surface area contributed by atoms with Gasteiger partial charge in [0.1, 0.15) is 6.10 Å². The van der Waals surface area contributed by atoms with Gasteiger partial charge in [-0.2, -0.15) is 0 Å². The van der Waals surface area contributed by atoms with E-state index in [4.69, 9.17) is 4.74 Å². The van der Waals surface area contributed by atoms with E-state index in [0.717, 1.165) is 12.8 Å². The van der Waals surface area contributed by atoms with E-state index >= 15 is 0 Å². The van der Waals surface area contributed by atoms with Gasteiger partial charge in [-0.25, -0.2) is 0 Å². The number of nitrogens with zero attached hydrogens (tertiary/aromatic N) is 2. The molecule has 1 spiro atoms. The average Bonchev–Trinajstić information content (AvgIpc) is 3.58. The maximum Gasteiger partial charge on any atom is 0.268 e. The number of aliphatic hydroxyl groups is 2. The Kier molecular flexibility index (Phi) is 7.86. The van der Waals surface area contributed by atoms with E-state index < -0.39 is 43.5 Å². The van der Waals surface area contributed by atoms with Crippen molar-refractivity contribution in [3.8, 4) is 0 Å². The molecular weight excluding hydrogens is 542 g/mol. The zero-order valence-corrected chi connectivity index (χ0v) is 24.9. The van der Waals surface area contributed by atoms with Crippen LogP contribution in [0.2, 0.25) is 18.6 Å². The molecule has 6 atom stereocenters. The number of fused-ring (bicyclic) bond motifs is 2. The number of benzene rings is 2. The summed E-state index contributed by atoms with van der Waals surface area (Å²) in [4.78, 5) is 55.2. The van der Waals surface area contributed by atoms with Gasteiger partial charge in [0.05, 0.1) is 30.9 Å². The molecule has 5 rings (SSSR count). The zero-order chi connectivity index (χ0) is 29.7. The quantitative estimate of drug-likeness (QED) is 0.369. The molecule has 2 fully saturated rings. The van der Waals surface area contributed by atoms with Crippen molar-refractivity contribution >= 4 is 43.1 Å². The number of carbonyl (C=O) groups excluding carboxylic acids is 3. The van der Waals surface area contributed by atoms with Gasteiger partial charge in [0.25, 0.3) is 11.8 Å². The molecular formula is C30H39N3O7Si. The Labute approximate surface area is 241 Å². The third-order valence-electron chi connectivity index (χ3n) is 8.84. The van der Waals surface area contributed by atoms with Gasteiger partial charge in [-0.05, 0) is 63.2 Å². The maximum atomic E-state index is 14.6. The van der Waals surface area contributed by atoms with Crippen LogP contribution in [0, 0.1) is 5.92 Å². The number of para-hydroxylation sites is 1. The molecule has 10 nitrogen and oxygen atoms in total. The molecule has 2 aromatic rings. The van der Waals surface area contributed by atoms with Gasteiger partial charge in [0.2, 0.25) is 5.91 Å².